The molecule has 0 radical (unpaired) electrons. The van der Waals surface area contributed by atoms with Crippen molar-refractivity contribution in [1.29, 1.82) is 0 Å². The smallest absolute Gasteiger partial charge is 0.197 e. The van der Waals surface area contributed by atoms with Gasteiger partial charge >= 0.3 is 0 Å². The second kappa shape index (κ2) is 6.24. The van der Waals surface area contributed by atoms with Crippen LogP contribution in [0.25, 0.3) is 22.3 Å². The molecule has 128 valence electrons. The van der Waals surface area contributed by atoms with Crippen LogP contribution in [0.3, 0.4) is 0 Å². The summed E-state index contributed by atoms with van der Waals surface area (Å²) in [5.74, 6) is -0.175. The van der Waals surface area contributed by atoms with E-state index in [-0.39, 0.29) is 34.0 Å². The average molecular weight is 340 g/mol. The Kier molecular flexibility index (Phi) is 4.10. The molecule has 2 aromatic carbocycles. The highest BCUT2D eigenvalue weighted by Crippen LogP contribution is 2.39. The highest BCUT2D eigenvalue weighted by atomic mass is 16.5. The van der Waals surface area contributed by atoms with Crippen LogP contribution in [0.5, 0.6) is 23.0 Å². The molecular weight excluding hydrogens is 324 g/mol. The van der Waals surface area contributed by atoms with Crippen molar-refractivity contribution in [2.24, 2.45) is 0 Å². The average Bonchev–Trinajstić information content (AvgIpc) is 2.55. The van der Waals surface area contributed by atoms with Crippen LogP contribution in [0.15, 0.2) is 52.2 Å². The monoisotopic (exact) mass is 340 g/mol. The fourth-order valence-corrected chi connectivity index (χ4v) is 2.75. The van der Waals surface area contributed by atoms with E-state index in [1.807, 2.05) is 0 Å². The van der Waals surface area contributed by atoms with Gasteiger partial charge in [-0.1, -0.05) is 6.08 Å². The van der Waals surface area contributed by atoms with Gasteiger partial charge in [0.25, 0.3) is 0 Å². The van der Waals surface area contributed by atoms with Crippen LogP contribution in [0.2, 0.25) is 0 Å². The Hall–Kier alpha value is -3.41. The number of hydrogen-bond donors (Lipinski definition) is 3. The highest BCUT2D eigenvalue weighted by molar-refractivity contribution is 5.86. The zero-order valence-corrected chi connectivity index (χ0v) is 13.4. The third-order valence-electron chi connectivity index (χ3n) is 3.87. The molecule has 0 bridgehead atoms. The summed E-state index contributed by atoms with van der Waals surface area (Å²) in [4.78, 5) is 12.4. The standard InChI is InChI=1S/C19H16O6/c1-3-4-12-11(5-6-15(24-2)19(12)23)16-9-14(22)18-13(21)7-10(20)8-17(18)25-16/h3,5-9,20-21,23H,1,4H2,2H3. The lowest BCUT2D eigenvalue weighted by atomic mass is 9.99. The molecule has 0 saturated carbocycles. The third-order valence-corrected chi connectivity index (χ3v) is 3.87. The van der Waals surface area contributed by atoms with Crippen LogP contribution in [0.1, 0.15) is 5.56 Å². The van der Waals surface area contributed by atoms with Crippen molar-refractivity contribution in [2.45, 2.75) is 6.42 Å². The Morgan fingerprint density at radius 2 is 1.96 bits per heavy atom. The van der Waals surface area contributed by atoms with Gasteiger partial charge in [0.15, 0.2) is 16.9 Å². The van der Waals surface area contributed by atoms with Crippen LogP contribution in [0, 0.1) is 0 Å². The van der Waals surface area contributed by atoms with Crippen molar-refractivity contribution in [3.63, 3.8) is 0 Å². The van der Waals surface area contributed by atoms with Crippen molar-refractivity contribution in [2.75, 3.05) is 7.11 Å². The lowest BCUT2D eigenvalue weighted by Crippen LogP contribution is -2.02. The Bertz CT molecular complexity index is 1030. The summed E-state index contributed by atoms with van der Waals surface area (Å²) < 4.78 is 10.8. The zero-order chi connectivity index (χ0) is 18.1. The lowest BCUT2D eigenvalue weighted by molar-refractivity contribution is 0.371. The number of phenols is 3. The summed E-state index contributed by atoms with van der Waals surface area (Å²) in [5.41, 5.74) is 0.551. The molecule has 0 amide bonds. The normalized spacial score (nSPS) is 10.8. The molecule has 3 N–H and O–H groups in total. The van der Waals surface area contributed by atoms with E-state index in [9.17, 15) is 20.1 Å². The molecule has 0 unspecified atom stereocenters. The summed E-state index contributed by atoms with van der Waals surface area (Å²) in [6.07, 6.45) is 1.93. The second-order valence-electron chi connectivity index (χ2n) is 5.45. The number of benzene rings is 2. The number of allylic oxidation sites excluding steroid dienone is 1. The topological polar surface area (TPSA) is 100 Å². The molecule has 25 heavy (non-hydrogen) atoms. The first kappa shape index (κ1) is 16.4. The van der Waals surface area contributed by atoms with Crippen molar-refractivity contribution >= 4 is 11.0 Å². The van der Waals surface area contributed by atoms with Gasteiger partial charge in [-0.15, -0.1) is 6.58 Å². The number of methoxy groups -OCH3 is 1. The zero-order valence-electron chi connectivity index (χ0n) is 13.4. The van der Waals surface area contributed by atoms with E-state index in [2.05, 4.69) is 6.58 Å². The van der Waals surface area contributed by atoms with Crippen LogP contribution >= 0.6 is 0 Å². The van der Waals surface area contributed by atoms with E-state index in [4.69, 9.17) is 9.15 Å². The van der Waals surface area contributed by atoms with Crippen molar-refractivity contribution in [1.82, 2.24) is 0 Å². The van der Waals surface area contributed by atoms with Gasteiger partial charge < -0.3 is 24.5 Å². The Morgan fingerprint density at radius 3 is 2.64 bits per heavy atom. The molecular formula is C19H16O6. The first-order valence-corrected chi connectivity index (χ1v) is 7.46. The fraction of sp³-hybridized carbons (Fsp3) is 0.105. The highest BCUT2D eigenvalue weighted by Gasteiger charge is 2.18. The summed E-state index contributed by atoms with van der Waals surface area (Å²) in [6.45, 7) is 3.67. The fourth-order valence-electron chi connectivity index (χ4n) is 2.75. The van der Waals surface area contributed by atoms with E-state index in [1.165, 1.54) is 19.2 Å². The van der Waals surface area contributed by atoms with Gasteiger partial charge in [0.2, 0.25) is 0 Å². The van der Waals surface area contributed by atoms with Gasteiger partial charge in [-0.05, 0) is 18.6 Å². The molecule has 0 aliphatic heterocycles. The first-order valence-electron chi connectivity index (χ1n) is 7.46. The summed E-state index contributed by atoms with van der Waals surface area (Å²) in [5, 5.41) is 29.8. The number of aromatic hydroxyl groups is 3. The molecule has 3 rings (SSSR count). The molecule has 6 nitrogen and oxygen atoms in total. The quantitative estimate of drug-likeness (QED) is 0.630. The Morgan fingerprint density at radius 1 is 1.20 bits per heavy atom. The molecule has 0 aliphatic carbocycles. The summed E-state index contributed by atoms with van der Waals surface area (Å²) >= 11 is 0. The van der Waals surface area contributed by atoms with Gasteiger partial charge in [0.05, 0.1) is 7.11 Å². The van der Waals surface area contributed by atoms with E-state index in [0.29, 0.717) is 23.3 Å². The van der Waals surface area contributed by atoms with Crippen LogP contribution in [0.4, 0.5) is 0 Å². The molecule has 0 fully saturated rings. The molecule has 1 aromatic heterocycles. The van der Waals surface area contributed by atoms with Crippen LogP contribution < -0.4 is 10.2 Å². The Balaban J connectivity index is 2.32. The number of hydrogen-bond acceptors (Lipinski definition) is 6. The molecule has 0 aliphatic rings. The van der Waals surface area contributed by atoms with E-state index >= 15 is 0 Å². The van der Waals surface area contributed by atoms with E-state index in [0.717, 1.165) is 6.07 Å². The van der Waals surface area contributed by atoms with E-state index < -0.39 is 5.43 Å². The minimum absolute atomic E-state index is 0.0236. The minimum atomic E-state index is -0.464. The number of ether oxygens (including phenoxy) is 1. The van der Waals surface area contributed by atoms with Gasteiger partial charge in [-0.2, -0.15) is 0 Å². The maximum Gasteiger partial charge on any atom is 0.197 e. The molecule has 3 aromatic rings. The number of rotatable bonds is 4. The van der Waals surface area contributed by atoms with Gasteiger partial charge in [-0.3, -0.25) is 4.79 Å². The lowest BCUT2D eigenvalue weighted by Gasteiger charge is -2.13. The molecule has 1 heterocycles. The third kappa shape index (κ3) is 2.78. The Labute approximate surface area is 142 Å². The predicted octanol–water partition coefficient (Wildman–Crippen LogP) is 3.31. The van der Waals surface area contributed by atoms with Gasteiger partial charge in [0, 0.05) is 29.3 Å². The largest absolute Gasteiger partial charge is 0.508 e. The predicted molar refractivity (Wildman–Crippen MR) is 93.4 cm³/mol. The SMILES string of the molecule is C=CCc1c(-c2cc(=O)c3c(O)cc(O)cc3o2)ccc(OC)c1O. The first-order chi connectivity index (χ1) is 12.0. The molecule has 0 saturated heterocycles. The minimum Gasteiger partial charge on any atom is -0.508 e. The van der Waals surface area contributed by atoms with Crippen LogP contribution in [-0.4, -0.2) is 22.4 Å². The maximum absolute atomic E-state index is 12.4. The van der Waals surface area contributed by atoms with Crippen molar-refractivity contribution < 1.29 is 24.5 Å². The molecule has 0 atom stereocenters. The second-order valence-corrected chi connectivity index (χ2v) is 5.45. The molecule has 6 heteroatoms. The summed E-state index contributed by atoms with van der Waals surface area (Å²) in [6, 6.07) is 6.76. The summed E-state index contributed by atoms with van der Waals surface area (Å²) in [7, 11) is 1.44. The molecule has 0 spiro atoms. The van der Waals surface area contributed by atoms with Crippen molar-refractivity contribution in [3.05, 3.63) is 58.8 Å². The van der Waals surface area contributed by atoms with Crippen LogP contribution in [-0.2, 0) is 6.42 Å². The van der Waals surface area contributed by atoms with E-state index in [1.54, 1.807) is 18.2 Å². The number of fused-ring (bicyclic) bond motifs is 1. The van der Waals surface area contributed by atoms with Gasteiger partial charge in [-0.25, -0.2) is 0 Å². The number of phenolic OH excluding ortho intramolecular Hbond substituents is 3. The van der Waals surface area contributed by atoms with Gasteiger partial charge in [0.1, 0.15) is 28.2 Å². The van der Waals surface area contributed by atoms with Crippen molar-refractivity contribution in [3.8, 4) is 34.3 Å². The maximum atomic E-state index is 12.4.